The van der Waals surface area contributed by atoms with Gasteiger partial charge in [-0.15, -0.1) is 0 Å². The van der Waals surface area contributed by atoms with E-state index in [4.69, 9.17) is 22.7 Å². The van der Waals surface area contributed by atoms with Crippen LogP contribution in [0.15, 0.2) is 11.8 Å². The van der Waals surface area contributed by atoms with Gasteiger partial charge in [-0.25, -0.2) is 0 Å². The topological polar surface area (TPSA) is 64.4 Å². The summed E-state index contributed by atoms with van der Waals surface area (Å²) in [4.78, 5) is 11.3. The number of ether oxygens (including phenoxy) is 1. The number of nitrogens with two attached hydrogens (primary N) is 1. The molecule has 1 amide bonds. The number of hydrogen-bond donors (Lipinski definition) is 2. The van der Waals surface area contributed by atoms with Gasteiger partial charge in [-0.1, -0.05) is 13.3 Å². The Morgan fingerprint density at radius 3 is 2.69 bits per heavy atom. The quantitative estimate of drug-likeness (QED) is 0.526. The average Bonchev–Trinajstić information content (AvgIpc) is 2.27. The molecule has 0 aliphatic heterocycles. The molecule has 4 nitrogen and oxygen atoms in total. The molecule has 0 fully saturated rings. The molecule has 0 heterocycles. The van der Waals surface area contributed by atoms with E-state index in [1.54, 1.807) is 0 Å². The summed E-state index contributed by atoms with van der Waals surface area (Å²) < 4.78 is 5.14. The van der Waals surface area contributed by atoms with Gasteiger partial charge < -0.3 is 15.8 Å². The van der Waals surface area contributed by atoms with Gasteiger partial charge in [-0.3, -0.25) is 4.79 Å². The first-order chi connectivity index (χ1) is 7.65. The number of amides is 1. The van der Waals surface area contributed by atoms with Crippen molar-refractivity contribution in [2.24, 2.45) is 5.73 Å². The highest BCUT2D eigenvalue weighted by atomic mass is 32.1. The molecule has 0 rings (SSSR count). The first kappa shape index (κ1) is 14.9. The minimum absolute atomic E-state index is 0.0144. The second kappa shape index (κ2) is 9.15. The Labute approximate surface area is 102 Å². The third kappa shape index (κ3) is 6.40. The maximum absolute atomic E-state index is 11.3. The predicted octanol–water partition coefficient (Wildman–Crippen LogP) is 1.50. The molecule has 0 spiro atoms. The van der Waals surface area contributed by atoms with Gasteiger partial charge in [0.15, 0.2) is 5.05 Å². The molecule has 0 atom stereocenters. The normalized spacial score (nSPS) is 11.0. The van der Waals surface area contributed by atoms with E-state index in [1.165, 1.54) is 6.20 Å². The van der Waals surface area contributed by atoms with Crippen LogP contribution in [0.5, 0.6) is 0 Å². The van der Waals surface area contributed by atoms with Crippen LogP contribution in [0.2, 0.25) is 0 Å². The predicted molar refractivity (Wildman–Crippen MR) is 69.0 cm³/mol. The van der Waals surface area contributed by atoms with Crippen molar-refractivity contribution in [2.75, 3.05) is 13.2 Å². The standard InChI is InChI=1S/C11H20N2O2S/c1-3-5-6-10(14)13-8-9(7-12)11(16)15-4-2/h7H,3-6,8,12H2,1-2H3,(H,13,14). The van der Waals surface area contributed by atoms with E-state index in [2.05, 4.69) is 5.32 Å². The first-order valence-electron chi connectivity index (χ1n) is 5.50. The molecule has 5 heteroatoms. The maximum atomic E-state index is 11.3. The van der Waals surface area contributed by atoms with Crippen LogP contribution in [0.25, 0.3) is 0 Å². The summed E-state index contributed by atoms with van der Waals surface area (Å²) in [5.41, 5.74) is 6.05. The first-order valence-corrected chi connectivity index (χ1v) is 5.91. The highest BCUT2D eigenvalue weighted by Crippen LogP contribution is 1.99. The summed E-state index contributed by atoms with van der Waals surface area (Å²) >= 11 is 4.99. The number of carbonyl (C=O) groups is 1. The van der Waals surface area contributed by atoms with Crippen LogP contribution in [-0.4, -0.2) is 24.1 Å². The second-order valence-electron chi connectivity index (χ2n) is 3.29. The van der Waals surface area contributed by atoms with E-state index < -0.39 is 0 Å². The zero-order valence-corrected chi connectivity index (χ0v) is 10.7. The van der Waals surface area contributed by atoms with Crippen LogP contribution in [0.1, 0.15) is 33.1 Å². The fourth-order valence-electron chi connectivity index (χ4n) is 1.04. The minimum atomic E-state index is 0.0144. The monoisotopic (exact) mass is 244 g/mol. The minimum Gasteiger partial charge on any atom is -0.483 e. The van der Waals surface area contributed by atoms with Crippen LogP contribution >= 0.6 is 12.2 Å². The van der Waals surface area contributed by atoms with Crippen molar-refractivity contribution >= 4 is 23.2 Å². The summed E-state index contributed by atoms with van der Waals surface area (Å²) in [6, 6.07) is 0. The lowest BCUT2D eigenvalue weighted by Crippen LogP contribution is -2.28. The van der Waals surface area contributed by atoms with Crippen LogP contribution in [0, 0.1) is 0 Å². The summed E-state index contributed by atoms with van der Waals surface area (Å²) in [6.45, 7) is 4.72. The Hall–Kier alpha value is -1.10. The second-order valence-corrected chi connectivity index (χ2v) is 3.66. The largest absolute Gasteiger partial charge is 0.483 e. The Morgan fingerprint density at radius 1 is 1.50 bits per heavy atom. The fraction of sp³-hybridized carbons (Fsp3) is 0.636. The molecule has 0 aromatic carbocycles. The zero-order chi connectivity index (χ0) is 12.4. The SMILES string of the molecule is CCCCC(=O)NCC(=CN)C(=S)OCC. The zero-order valence-electron chi connectivity index (χ0n) is 9.91. The van der Waals surface area contributed by atoms with Crippen molar-refractivity contribution in [2.45, 2.75) is 33.1 Å². The molecule has 16 heavy (non-hydrogen) atoms. The molecule has 0 unspecified atom stereocenters. The number of unbranched alkanes of at least 4 members (excludes halogenated alkanes) is 1. The number of hydrogen-bond acceptors (Lipinski definition) is 4. The molecule has 92 valence electrons. The molecule has 0 aliphatic rings. The Balaban J connectivity index is 3.97. The molecule has 0 saturated heterocycles. The Morgan fingerprint density at radius 2 is 2.19 bits per heavy atom. The van der Waals surface area contributed by atoms with Gasteiger partial charge in [0.1, 0.15) is 0 Å². The third-order valence-electron chi connectivity index (χ3n) is 1.97. The lowest BCUT2D eigenvalue weighted by Gasteiger charge is -2.10. The average molecular weight is 244 g/mol. The van der Waals surface area contributed by atoms with Gasteiger partial charge >= 0.3 is 0 Å². The van der Waals surface area contributed by atoms with Gasteiger partial charge in [0, 0.05) is 24.7 Å². The van der Waals surface area contributed by atoms with Crippen LogP contribution in [-0.2, 0) is 9.53 Å². The highest BCUT2D eigenvalue weighted by Gasteiger charge is 2.07. The molecule has 3 N–H and O–H groups in total. The molecule has 0 aromatic heterocycles. The lowest BCUT2D eigenvalue weighted by atomic mass is 10.2. The Bertz CT molecular complexity index is 265. The maximum Gasteiger partial charge on any atom is 0.220 e. The van der Waals surface area contributed by atoms with E-state index >= 15 is 0 Å². The number of carbonyl (C=O) groups excluding carboxylic acids is 1. The Kier molecular flexibility index (Phi) is 8.52. The van der Waals surface area contributed by atoms with Gasteiger partial charge in [0.05, 0.1) is 6.61 Å². The van der Waals surface area contributed by atoms with Crippen molar-refractivity contribution in [3.63, 3.8) is 0 Å². The van der Waals surface area contributed by atoms with Crippen LogP contribution in [0.3, 0.4) is 0 Å². The fourth-order valence-corrected chi connectivity index (χ4v) is 1.30. The number of thiocarbonyl (C=S) groups is 1. The molecule has 0 saturated carbocycles. The van der Waals surface area contributed by atoms with Crippen LogP contribution in [0.4, 0.5) is 0 Å². The summed E-state index contributed by atoms with van der Waals surface area (Å²) in [5.74, 6) is 0.0144. The summed E-state index contributed by atoms with van der Waals surface area (Å²) in [7, 11) is 0. The van der Waals surface area contributed by atoms with Crippen molar-refractivity contribution in [3.05, 3.63) is 11.8 Å². The van der Waals surface area contributed by atoms with Gasteiger partial charge in [-0.2, -0.15) is 0 Å². The van der Waals surface area contributed by atoms with Crippen molar-refractivity contribution in [3.8, 4) is 0 Å². The lowest BCUT2D eigenvalue weighted by molar-refractivity contribution is -0.121. The summed E-state index contributed by atoms with van der Waals surface area (Å²) in [6.07, 6.45) is 3.81. The van der Waals surface area contributed by atoms with E-state index in [9.17, 15) is 4.79 Å². The van der Waals surface area contributed by atoms with Crippen molar-refractivity contribution in [1.29, 1.82) is 0 Å². The van der Waals surface area contributed by atoms with Gasteiger partial charge in [-0.05, 0) is 25.6 Å². The van der Waals surface area contributed by atoms with Gasteiger partial charge in [0.2, 0.25) is 5.91 Å². The van der Waals surface area contributed by atoms with E-state index in [-0.39, 0.29) is 5.91 Å². The molecular weight excluding hydrogens is 224 g/mol. The summed E-state index contributed by atoms with van der Waals surface area (Å²) in [5, 5.41) is 3.10. The van der Waals surface area contributed by atoms with Crippen molar-refractivity contribution in [1.82, 2.24) is 5.32 Å². The molecule has 0 aromatic rings. The highest BCUT2D eigenvalue weighted by molar-refractivity contribution is 7.80. The smallest absolute Gasteiger partial charge is 0.220 e. The number of rotatable bonds is 7. The van der Waals surface area contributed by atoms with Gasteiger partial charge in [0.25, 0.3) is 0 Å². The van der Waals surface area contributed by atoms with Crippen molar-refractivity contribution < 1.29 is 9.53 Å². The molecular formula is C11H20N2O2S. The molecule has 0 bridgehead atoms. The molecule has 0 aliphatic carbocycles. The number of nitrogens with one attached hydrogen (secondary N) is 1. The third-order valence-corrected chi connectivity index (χ3v) is 2.35. The van der Waals surface area contributed by atoms with E-state index in [0.717, 1.165) is 12.8 Å². The van der Waals surface area contributed by atoms with E-state index in [1.807, 2.05) is 13.8 Å². The molecule has 0 radical (unpaired) electrons. The van der Waals surface area contributed by atoms with E-state index in [0.29, 0.717) is 30.2 Å². The van der Waals surface area contributed by atoms with Crippen LogP contribution < -0.4 is 11.1 Å².